The summed E-state index contributed by atoms with van der Waals surface area (Å²) in [5, 5.41) is 2.96. The van der Waals surface area contributed by atoms with Crippen LogP contribution in [0, 0.1) is 11.3 Å². The van der Waals surface area contributed by atoms with Crippen molar-refractivity contribution in [1.82, 2.24) is 15.2 Å². The second-order valence-electron chi connectivity index (χ2n) is 9.76. The molecule has 160 valence electrons. The van der Waals surface area contributed by atoms with E-state index in [9.17, 15) is 9.59 Å². The summed E-state index contributed by atoms with van der Waals surface area (Å²) in [6, 6.07) is 3.38. The minimum atomic E-state index is -0.309. The lowest BCUT2D eigenvalue weighted by molar-refractivity contribution is -0.141. The largest absolute Gasteiger partial charge is 0.474 e. The van der Waals surface area contributed by atoms with E-state index < -0.39 is 0 Å². The Morgan fingerprint density at radius 2 is 1.97 bits per heavy atom. The van der Waals surface area contributed by atoms with Crippen LogP contribution in [0.5, 0.6) is 5.88 Å². The minimum Gasteiger partial charge on any atom is -0.474 e. The summed E-state index contributed by atoms with van der Waals surface area (Å²) in [5.74, 6) is 1.22. The first-order valence-corrected chi connectivity index (χ1v) is 11.4. The van der Waals surface area contributed by atoms with Crippen LogP contribution in [0.4, 0.5) is 4.79 Å². The number of urea groups is 1. The minimum absolute atomic E-state index is 0.00153. The van der Waals surface area contributed by atoms with Gasteiger partial charge in [-0.1, -0.05) is 44.8 Å². The molecular formula is C24H31N3O3. The van der Waals surface area contributed by atoms with Crippen LogP contribution in [0.1, 0.15) is 69.8 Å². The highest BCUT2D eigenvalue weighted by molar-refractivity contribution is 6.04. The van der Waals surface area contributed by atoms with E-state index in [4.69, 9.17) is 4.74 Å². The third kappa shape index (κ3) is 3.50. The van der Waals surface area contributed by atoms with Crippen molar-refractivity contribution in [3.63, 3.8) is 0 Å². The topological polar surface area (TPSA) is 71.5 Å². The number of carbonyl (C=O) groups excluding carboxylic acids is 2. The van der Waals surface area contributed by atoms with Gasteiger partial charge in [0.25, 0.3) is 5.91 Å². The predicted molar refractivity (Wildman–Crippen MR) is 114 cm³/mol. The molecule has 1 aromatic heterocycles. The summed E-state index contributed by atoms with van der Waals surface area (Å²) in [4.78, 5) is 31.3. The molecule has 4 aliphatic rings. The summed E-state index contributed by atoms with van der Waals surface area (Å²) in [5.41, 5.74) is 1.13. The molecule has 30 heavy (non-hydrogen) atoms. The number of hydrogen-bond acceptors (Lipinski definition) is 4. The second kappa shape index (κ2) is 7.71. The maximum Gasteiger partial charge on any atom is 0.325 e. The van der Waals surface area contributed by atoms with E-state index in [1.54, 1.807) is 12.3 Å². The Balaban J connectivity index is 1.12. The fourth-order valence-electron chi connectivity index (χ4n) is 6.07. The van der Waals surface area contributed by atoms with Gasteiger partial charge in [-0.3, -0.25) is 9.69 Å². The third-order valence-corrected chi connectivity index (χ3v) is 7.67. The Morgan fingerprint density at radius 3 is 2.70 bits per heavy atom. The maximum atomic E-state index is 12.9. The third-order valence-electron chi connectivity index (χ3n) is 7.67. The molecule has 1 atom stereocenters. The summed E-state index contributed by atoms with van der Waals surface area (Å²) < 4.78 is 6.07. The van der Waals surface area contributed by atoms with Crippen LogP contribution in [0.25, 0.3) is 6.08 Å². The number of aromatic nitrogens is 1. The summed E-state index contributed by atoms with van der Waals surface area (Å²) in [7, 11) is 0. The first-order chi connectivity index (χ1) is 14.6. The second-order valence-corrected chi connectivity index (χ2v) is 9.76. The number of imide groups is 1. The fraction of sp³-hybridized carbons (Fsp3) is 0.625. The van der Waals surface area contributed by atoms with Crippen LogP contribution < -0.4 is 10.1 Å². The van der Waals surface area contributed by atoms with Crippen LogP contribution in [-0.4, -0.2) is 40.0 Å². The van der Waals surface area contributed by atoms with Crippen molar-refractivity contribution in [1.29, 1.82) is 0 Å². The molecule has 1 saturated heterocycles. The summed E-state index contributed by atoms with van der Waals surface area (Å²) >= 11 is 0. The van der Waals surface area contributed by atoms with Crippen LogP contribution in [0.3, 0.4) is 0 Å². The zero-order valence-electron chi connectivity index (χ0n) is 17.5. The molecule has 1 spiro atoms. The molecule has 3 amide bonds. The summed E-state index contributed by atoms with van der Waals surface area (Å²) in [6.07, 6.45) is 14.4. The molecule has 3 aliphatic carbocycles. The Labute approximate surface area is 178 Å². The molecule has 6 nitrogen and oxygen atoms in total. The molecule has 1 N–H and O–H groups in total. The van der Waals surface area contributed by atoms with Gasteiger partial charge in [0.2, 0.25) is 5.88 Å². The fourth-order valence-corrected chi connectivity index (χ4v) is 6.07. The molecular weight excluding hydrogens is 378 g/mol. The highest BCUT2D eigenvalue weighted by Gasteiger charge is 2.58. The lowest BCUT2D eigenvalue weighted by atomic mass is 9.52. The number of carbonyl (C=O) groups is 2. The van der Waals surface area contributed by atoms with E-state index >= 15 is 0 Å². The van der Waals surface area contributed by atoms with E-state index in [2.05, 4.69) is 16.9 Å². The molecule has 0 bridgehead atoms. The van der Waals surface area contributed by atoms with Crippen molar-refractivity contribution in [3.05, 3.63) is 30.5 Å². The van der Waals surface area contributed by atoms with Gasteiger partial charge in [-0.2, -0.15) is 0 Å². The van der Waals surface area contributed by atoms with E-state index in [0.717, 1.165) is 37.7 Å². The highest BCUT2D eigenvalue weighted by Crippen LogP contribution is 2.58. The number of nitrogens with one attached hydrogen (secondary N) is 1. The van der Waals surface area contributed by atoms with Gasteiger partial charge in [0.05, 0.1) is 0 Å². The Bertz CT molecular complexity index is 834. The molecule has 1 unspecified atom stereocenters. The van der Waals surface area contributed by atoms with Crippen molar-refractivity contribution in [2.75, 3.05) is 0 Å². The molecule has 5 rings (SSSR count). The summed E-state index contributed by atoms with van der Waals surface area (Å²) in [6.45, 7) is 3.81. The van der Waals surface area contributed by atoms with Crippen LogP contribution in [0.2, 0.25) is 0 Å². The van der Waals surface area contributed by atoms with Gasteiger partial charge in [-0.15, -0.1) is 0 Å². The average Bonchev–Trinajstić information content (AvgIpc) is 2.97. The standard InChI is InChI=1S/C24H31N3O3/c1-2-17-9-6-10-25-21(17)30-19-14-24(15-19)12-18(13-24)27-22(28)20(26-23(27)29)11-16-7-4-3-5-8-16/h2,6,9-10,16,18-20H,1,3-5,7-8,11-15H2,(H,26,29). The van der Waals surface area contributed by atoms with Gasteiger partial charge >= 0.3 is 6.03 Å². The van der Waals surface area contributed by atoms with Crippen LogP contribution in [-0.2, 0) is 4.79 Å². The van der Waals surface area contributed by atoms with Gasteiger partial charge in [0, 0.05) is 17.8 Å². The average molecular weight is 410 g/mol. The molecule has 0 radical (unpaired) electrons. The van der Waals surface area contributed by atoms with Crippen molar-refractivity contribution in [2.45, 2.75) is 82.4 Å². The first-order valence-electron chi connectivity index (χ1n) is 11.4. The molecule has 6 heteroatoms. The van der Waals surface area contributed by atoms with Crippen molar-refractivity contribution in [3.8, 4) is 5.88 Å². The lowest BCUT2D eigenvalue weighted by Gasteiger charge is -2.58. The molecule has 1 aliphatic heterocycles. The molecule has 0 aromatic carbocycles. The lowest BCUT2D eigenvalue weighted by Crippen LogP contribution is -2.60. The normalized spacial score (nSPS) is 33.7. The van der Waals surface area contributed by atoms with Crippen molar-refractivity contribution >= 4 is 18.0 Å². The van der Waals surface area contributed by atoms with Crippen molar-refractivity contribution < 1.29 is 14.3 Å². The number of hydrogen-bond donors (Lipinski definition) is 1. The van der Waals surface area contributed by atoms with Gasteiger partial charge in [-0.25, -0.2) is 9.78 Å². The number of ether oxygens (including phenoxy) is 1. The SMILES string of the molecule is C=Cc1cccnc1OC1CC2(C1)CC(N1C(=O)NC(CC3CCCCC3)C1=O)C2. The Kier molecular flexibility index (Phi) is 5.03. The first kappa shape index (κ1) is 19.6. The number of amides is 3. The molecule has 1 aromatic rings. The zero-order chi connectivity index (χ0) is 20.7. The highest BCUT2D eigenvalue weighted by atomic mass is 16.5. The maximum absolute atomic E-state index is 12.9. The monoisotopic (exact) mass is 409 g/mol. The van der Waals surface area contributed by atoms with Crippen molar-refractivity contribution in [2.24, 2.45) is 11.3 Å². The van der Waals surface area contributed by atoms with E-state index in [1.165, 1.54) is 37.0 Å². The van der Waals surface area contributed by atoms with Gasteiger partial charge in [0.15, 0.2) is 0 Å². The molecule has 4 fully saturated rings. The Hall–Kier alpha value is -2.37. The quantitative estimate of drug-likeness (QED) is 0.711. The number of pyridine rings is 1. The zero-order valence-corrected chi connectivity index (χ0v) is 17.5. The van der Waals surface area contributed by atoms with Gasteiger partial charge < -0.3 is 10.1 Å². The van der Waals surface area contributed by atoms with Crippen LogP contribution >= 0.6 is 0 Å². The van der Waals surface area contributed by atoms with Crippen LogP contribution in [0.15, 0.2) is 24.9 Å². The van der Waals surface area contributed by atoms with E-state index in [0.29, 0.717) is 11.8 Å². The van der Waals surface area contributed by atoms with E-state index in [-0.39, 0.29) is 35.5 Å². The Morgan fingerprint density at radius 1 is 1.20 bits per heavy atom. The number of nitrogens with zero attached hydrogens (tertiary/aromatic N) is 2. The molecule has 3 saturated carbocycles. The van der Waals surface area contributed by atoms with Gasteiger partial charge in [0.1, 0.15) is 12.1 Å². The van der Waals surface area contributed by atoms with E-state index in [1.807, 2.05) is 12.1 Å². The smallest absolute Gasteiger partial charge is 0.325 e. The molecule has 2 heterocycles. The number of rotatable bonds is 6. The predicted octanol–water partition coefficient (Wildman–Crippen LogP) is 4.31. The van der Waals surface area contributed by atoms with Gasteiger partial charge in [-0.05, 0) is 55.6 Å².